The summed E-state index contributed by atoms with van der Waals surface area (Å²) in [6, 6.07) is 0. The fourth-order valence-electron chi connectivity index (χ4n) is 1.45. The molecule has 0 atom stereocenters. The molecule has 0 rings (SSSR count). The van der Waals surface area contributed by atoms with Crippen molar-refractivity contribution in [2.24, 2.45) is 5.41 Å². The number of phosphoric ester groups is 1. The van der Waals surface area contributed by atoms with Gasteiger partial charge in [-0.25, -0.2) is 4.57 Å². The Kier molecular flexibility index (Phi) is 15.5. The van der Waals surface area contributed by atoms with Crippen LogP contribution in [0.2, 0.25) is 0 Å². The third-order valence-corrected chi connectivity index (χ3v) is 3.67. The van der Waals surface area contributed by atoms with Gasteiger partial charge in [0, 0.05) is 25.0 Å². The Morgan fingerprint density at radius 2 is 1.30 bits per heavy atom. The molecule has 0 fully saturated rings. The van der Waals surface area contributed by atoms with E-state index in [1.165, 1.54) is 0 Å². The molecule has 0 amide bonds. The van der Waals surface area contributed by atoms with Crippen molar-refractivity contribution in [2.75, 3.05) is 59.3 Å². The van der Waals surface area contributed by atoms with Gasteiger partial charge < -0.3 is 35.3 Å². The predicted octanol–water partition coefficient (Wildman–Crippen LogP) is -2.26. The molecular weight excluding hydrogens is 333 g/mol. The first-order chi connectivity index (χ1) is 10.7. The SMILES string of the molecule is CCC(CO)(CO)COP(=O)(O)O.OCCN(CCO)CCO. The first-order valence-corrected chi connectivity index (χ1v) is 8.74. The van der Waals surface area contributed by atoms with Crippen molar-refractivity contribution in [1.29, 1.82) is 0 Å². The van der Waals surface area contributed by atoms with Gasteiger partial charge in [0.05, 0.1) is 39.6 Å². The average molecular weight is 363 g/mol. The van der Waals surface area contributed by atoms with E-state index in [9.17, 15) is 4.57 Å². The maximum Gasteiger partial charge on any atom is 0.469 e. The van der Waals surface area contributed by atoms with Gasteiger partial charge in [0.25, 0.3) is 0 Å². The van der Waals surface area contributed by atoms with Gasteiger partial charge in [0.1, 0.15) is 0 Å². The fourth-order valence-corrected chi connectivity index (χ4v) is 1.89. The lowest BCUT2D eigenvalue weighted by Gasteiger charge is -2.27. The maximum absolute atomic E-state index is 10.3. The zero-order valence-corrected chi connectivity index (χ0v) is 14.3. The molecule has 0 aliphatic carbocycles. The number of hydrogen-bond acceptors (Lipinski definition) is 8. The van der Waals surface area contributed by atoms with Crippen LogP contribution in [0.15, 0.2) is 0 Å². The van der Waals surface area contributed by atoms with E-state index in [4.69, 9.17) is 35.3 Å². The lowest BCUT2D eigenvalue weighted by atomic mass is 9.88. The third-order valence-electron chi connectivity index (χ3n) is 3.21. The number of phosphoric acid groups is 1. The van der Waals surface area contributed by atoms with Crippen LogP contribution in [0.3, 0.4) is 0 Å². The molecule has 0 saturated carbocycles. The first-order valence-electron chi connectivity index (χ1n) is 7.20. The summed E-state index contributed by atoms with van der Waals surface area (Å²) in [6.07, 6.45) is 0.375. The molecule has 0 aromatic heterocycles. The normalized spacial score (nSPS) is 12.2. The highest BCUT2D eigenvalue weighted by Crippen LogP contribution is 2.38. The first kappa shape index (κ1) is 25.1. The number of aliphatic hydroxyl groups excluding tert-OH is 5. The highest BCUT2D eigenvalue weighted by molar-refractivity contribution is 7.46. The Morgan fingerprint density at radius 1 is 0.913 bits per heavy atom. The Bertz CT molecular complexity index is 286. The summed E-state index contributed by atoms with van der Waals surface area (Å²) in [4.78, 5) is 18.6. The molecule has 0 aliphatic heterocycles. The van der Waals surface area contributed by atoms with Crippen LogP contribution in [-0.4, -0.2) is 99.5 Å². The molecule has 0 bridgehead atoms. The minimum Gasteiger partial charge on any atom is -0.396 e. The molecule has 11 heteroatoms. The second-order valence-electron chi connectivity index (χ2n) is 4.95. The average Bonchev–Trinajstić information content (AvgIpc) is 2.50. The predicted molar refractivity (Wildman–Crippen MR) is 82.6 cm³/mol. The van der Waals surface area contributed by atoms with Crippen LogP contribution in [0.5, 0.6) is 0 Å². The van der Waals surface area contributed by atoms with Gasteiger partial charge in [-0.3, -0.25) is 9.42 Å². The number of aliphatic hydroxyl groups is 5. The minimum atomic E-state index is -4.52. The van der Waals surface area contributed by atoms with Crippen LogP contribution in [-0.2, 0) is 9.09 Å². The summed E-state index contributed by atoms with van der Waals surface area (Å²) < 4.78 is 14.5. The zero-order chi connectivity index (χ0) is 18.4. The molecule has 7 N–H and O–H groups in total. The van der Waals surface area contributed by atoms with Crippen LogP contribution < -0.4 is 0 Å². The Hall–Kier alpha value is -0.130. The Balaban J connectivity index is 0. The molecule has 0 aromatic carbocycles. The molecule has 0 aliphatic rings. The van der Waals surface area contributed by atoms with Crippen molar-refractivity contribution in [3.63, 3.8) is 0 Å². The van der Waals surface area contributed by atoms with E-state index in [-0.39, 0.29) is 39.6 Å². The lowest BCUT2D eigenvalue weighted by molar-refractivity contribution is 0.00269. The summed E-state index contributed by atoms with van der Waals surface area (Å²) in [5.74, 6) is 0. The lowest BCUT2D eigenvalue weighted by Crippen LogP contribution is -2.33. The standard InChI is InChI=1S/C6H15NO3.C6H15O6P/c8-4-1-7(2-5-9)3-6-10;1-2-6(3-7,4-8)5-12-13(9,10)11/h8-10H,1-6H2;7-8H,2-5H2,1H3,(H2,9,10,11). The summed E-state index contributed by atoms with van der Waals surface area (Å²) >= 11 is 0. The van der Waals surface area contributed by atoms with E-state index in [2.05, 4.69) is 4.52 Å². The van der Waals surface area contributed by atoms with Crippen molar-refractivity contribution in [3.8, 4) is 0 Å². The van der Waals surface area contributed by atoms with Gasteiger partial charge in [-0.05, 0) is 6.42 Å². The van der Waals surface area contributed by atoms with Gasteiger partial charge in [0.2, 0.25) is 0 Å². The monoisotopic (exact) mass is 363 g/mol. The minimum absolute atomic E-state index is 0.0694. The molecule has 0 unspecified atom stereocenters. The summed E-state index contributed by atoms with van der Waals surface area (Å²) in [5.41, 5.74) is -0.971. The highest BCUT2D eigenvalue weighted by Gasteiger charge is 2.30. The molecule has 0 spiro atoms. The van der Waals surface area contributed by atoms with Gasteiger partial charge in [-0.15, -0.1) is 0 Å². The van der Waals surface area contributed by atoms with Crippen molar-refractivity contribution < 1.29 is 44.4 Å². The molecule has 0 aromatic rings. The quantitative estimate of drug-likeness (QED) is 0.188. The van der Waals surface area contributed by atoms with Gasteiger partial charge in [0.15, 0.2) is 0 Å². The second kappa shape index (κ2) is 14.2. The van der Waals surface area contributed by atoms with Gasteiger partial charge in [-0.1, -0.05) is 6.92 Å². The van der Waals surface area contributed by atoms with E-state index >= 15 is 0 Å². The van der Waals surface area contributed by atoms with Crippen molar-refractivity contribution >= 4 is 7.82 Å². The molecule has 10 nitrogen and oxygen atoms in total. The van der Waals surface area contributed by atoms with Crippen LogP contribution >= 0.6 is 7.82 Å². The number of rotatable bonds is 12. The van der Waals surface area contributed by atoms with Crippen LogP contribution in [0.1, 0.15) is 13.3 Å². The Morgan fingerprint density at radius 3 is 1.52 bits per heavy atom. The second-order valence-corrected chi connectivity index (χ2v) is 6.19. The van der Waals surface area contributed by atoms with Crippen LogP contribution in [0.25, 0.3) is 0 Å². The smallest absolute Gasteiger partial charge is 0.396 e. The topological polar surface area (TPSA) is 171 Å². The maximum atomic E-state index is 10.3. The summed E-state index contributed by atoms with van der Waals surface area (Å²) in [7, 11) is -4.52. The highest BCUT2D eigenvalue weighted by atomic mass is 31.2. The van der Waals surface area contributed by atoms with Crippen molar-refractivity contribution in [1.82, 2.24) is 4.90 Å². The fraction of sp³-hybridized carbons (Fsp3) is 1.00. The Labute approximate surface area is 136 Å². The van der Waals surface area contributed by atoms with E-state index in [1.807, 2.05) is 0 Å². The van der Waals surface area contributed by atoms with Crippen LogP contribution in [0, 0.1) is 5.41 Å². The summed E-state index contributed by atoms with van der Waals surface area (Å²) in [6.45, 7) is 2.33. The van der Waals surface area contributed by atoms with Gasteiger partial charge in [-0.2, -0.15) is 0 Å². The largest absolute Gasteiger partial charge is 0.469 e. The van der Waals surface area contributed by atoms with E-state index in [0.29, 0.717) is 26.1 Å². The summed E-state index contributed by atoms with van der Waals surface area (Å²) in [5, 5.41) is 43.2. The zero-order valence-electron chi connectivity index (χ0n) is 13.4. The van der Waals surface area contributed by atoms with Crippen LogP contribution in [0.4, 0.5) is 0 Å². The molecule has 142 valence electrons. The van der Waals surface area contributed by atoms with E-state index in [0.717, 1.165) is 0 Å². The molecular formula is C12H30NO9P. The molecule has 0 heterocycles. The third kappa shape index (κ3) is 14.0. The molecule has 0 radical (unpaired) electrons. The molecule has 23 heavy (non-hydrogen) atoms. The van der Waals surface area contributed by atoms with Crippen molar-refractivity contribution in [2.45, 2.75) is 13.3 Å². The molecule has 0 saturated heterocycles. The van der Waals surface area contributed by atoms with E-state index < -0.39 is 13.2 Å². The number of nitrogens with zero attached hydrogens (tertiary/aromatic N) is 1. The van der Waals surface area contributed by atoms with E-state index in [1.54, 1.807) is 11.8 Å². The number of hydrogen-bond donors (Lipinski definition) is 7. The van der Waals surface area contributed by atoms with Crippen molar-refractivity contribution in [3.05, 3.63) is 0 Å². The van der Waals surface area contributed by atoms with Gasteiger partial charge >= 0.3 is 7.82 Å².